The molecule has 0 atom stereocenters. The molecule has 0 unspecified atom stereocenters. The van der Waals surface area contributed by atoms with E-state index in [1.807, 2.05) is 5.32 Å². The molecule has 94 valence electrons. The van der Waals surface area contributed by atoms with Gasteiger partial charge in [0.2, 0.25) is 0 Å². The summed E-state index contributed by atoms with van der Waals surface area (Å²) in [6, 6.07) is 3.90. The van der Waals surface area contributed by atoms with Crippen LogP contribution in [0.5, 0.6) is 0 Å². The smallest absolute Gasteiger partial charge is 0.277 e. The van der Waals surface area contributed by atoms with E-state index in [0.29, 0.717) is 5.56 Å². The molecule has 1 aromatic carbocycles. The van der Waals surface area contributed by atoms with E-state index in [0.717, 1.165) is 6.07 Å². The van der Waals surface area contributed by atoms with Crippen molar-refractivity contribution in [3.05, 3.63) is 35.1 Å². The standard InChI is InChI=1S/C11H13F3N2O/c1-7-2-3-9(12)8(4-7)10(17)16-6-11(13,14)5-15/h2-4H,5-6,15H2,1H3,(H,16,17). The number of hydrogen-bond acceptors (Lipinski definition) is 2. The van der Waals surface area contributed by atoms with Crippen molar-refractivity contribution in [1.82, 2.24) is 5.32 Å². The monoisotopic (exact) mass is 246 g/mol. The lowest BCUT2D eigenvalue weighted by Gasteiger charge is -2.14. The van der Waals surface area contributed by atoms with Gasteiger partial charge >= 0.3 is 0 Å². The van der Waals surface area contributed by atoms with Gasteiger partial charge in [0.05, 0.1) is 18.7 Å². The molecular formula is C11H13F3N2O. The largest absolute Gasteiger partial charge is 0.346 e. The number of carbonyl (C=O) groups is 1. The molecule has 0 saturated heterocycles. The van der Waals surface area contributed by atoms with Crippen molar-refractivity contribution in [2.24, 2.45) is 5.73 Å². The number of halogens is 3. The predicted octanol–water partition coefficient (Wildman–Crippen LogP) is 1.46. The number of amides is 1. The second-order valence-electron chi connectivity index (χ2n) is 3.73. The minimum Gasteiger partial charge on any atom is -0.346 e. The SMILES string of the molecule is Cc1ccc(F)c(C(=O)NCC(F)(F)CN)c1. The van der Waals surface area contributed by atoms with Crippen molar-refractivity contribution in [3.63, 3.8) is 0 Å². The van der Waals surface area contributed by atoms with Crippen LogP contribution in [-0.4, -0.2) is 24.9 Å². The van der Waals surface area contributed by atoms with Gasteiger partial charge in [0.15, 0.2) is 0 Å². The first kappa shape index (κ1) is 13.5. The highest BCUT2D eigenvalue weighted by Crippen LogP contribution is 2.12. The first-order chi connectivity index (χ1) is 7.85. The number of rotatable bonds is 4. The minimum atomic E-state index is -3.18. The lowest BCUT2D eigenvalue weighted by atomic mass is 10.1. The Morgan fingerprint density at radius 2 is 2.12 bits per heavy atom. The van der Waals surface area contributed by atoms with E-state index in [2.05, 4.69) is 0 Å². The molecule has 0 radical (unpaired) electrons. The quantitative estimate of drug-likeness (QED) is 0.845. The van der Waals surface area contributed by atoms with Crippen LogP contribution in [0.25, 0.3) is 0 Å². The van der Waals surface area contributed by atoms with Gasteiger partial charge in [-0.05, 0) is 19.1 Å². The normalized spacial score (nSPS) is 11.4. The van der Waals surface area contributed by atoms with Gasteiger partial charge in [-0.2, -0.15) is 0 Å². The summed E-state index contributed by atoms with van der Waals surface area (Å²) in [6.45, 7) is -0.107. The highest BCUT2D eigenvalue weighted by Gasteiger charge is 2.27. The molecule has 1 rings (SSSR count). The summed E-state index contributed by atoms with van der Waals surface area (Å²) in [5, 5.41) is 1.95. The van der Waals surface area contributed by atoms with Gasteiger partial charge in [-0.1, -0.05) is 11.6 Å². The molecule has 0 spiro atoms. The van der Waals surface area contributed by atoms with E-state index in [9.17, 15) is 18.0 Å². The first-order valence-corrected chi connectivity index (χ1v) is 4.98. The molecule has 0 aliphatic carbocycles. The Morgan fingerprint density at radius 1 is 1.47 bits per heavy atom. The summed E-state index contributed by atoms with van der Waals surface area (Å²) in [4.78, 5) is 11.5. The lowest BCUT2D eigenvalue weighted by molar-refractivity contribution is 0.0118. The summed E-state index contributed by atoms with van der Waals surface area (Å²) in [5.41, 5.74) is 5.23. The van der Waals surface area contributed by atoms with Gasteiger partial charge in [0, 0.05) is 0 Å². The third-order valence-electron chi connectivity index (χ3n) is 2.17. The van der Waals surface area contributed by atoms with E-state index >= 15 is 0 Å². The maximum absolute atomic E-state index is 13.2. The fraction of sp³-hybridized carbons (Fsp3) is 0.364. The Morgan fingerprint density at radius 3 is 2.71 bits per heavy atom. The van der Waals surface area contributed by atoms with Crippen LogP contribution in [0.3, 0.4) is 0 Å². The Kier molecular flexibility index (Phi) is 4.11. The van der Waals surface area contributed by atoms with E-state index in [1.54, 1.807) is 6.92 Å². The molecule has 1 aromatic rings. The van der Waals surface area contributed by atoms with E-state index in [-0.39, 0.29) is 5.56 Å². The first-order valence-electron chi connectivity index (χ1n) is 4.98. The second-order valence-corrected chi connectivity index (χ2v) is 3.73. The van der Waals surface area contributed by atoms with Crippen LogP contribution >= 0.6 is 0 Å². The van der Waals surface area contributed by atoms with Crippen LogP contribution in [0.15, 0.2) is 18.2 Å². The number of nitrogens with two attached hydrogens (primary N) is 1. The molecule has 17 heavy (non-hydrogen) atoms. The third-order valence-corrected chi connectivity index (χ3v) is 2.17. The van der Waals surface area contributed by atoms with Gasteiger partial charge in [0.1, 0.15) is 5.82 Å². The second kappa shape index (κ2) is 5.18. The van der Waals surface area contributed by atoms with Gasteiger partial charge in [-0.25, -0.2) is 13.2 Å². The Labute approximate surface area is 96.8 Å². The van der Waals surface area contributed by atoms with E-state index in [1.165, 1.54) is 12.1 Å². The molecule has 0 saturated carbocycles. The maximum atomic E-state index is 13.2. The van der Waals surface area contributed by atoms with E-state index in [4.69, 9.17) is 5.73 Å². The number of nitrogens with one attached hydrogen (secondary N) is 1. The van der Waals surface area contributed by atoms with Gasteiger partial charge in [-0.3, -0.25) is 4.79 Å². The summed E-state index contributed by atoms with van der Waals surface area (Å²) in [6.07, 6.45) is 0. The van der Waals surface area contributed by atoms with Crippen LogP contribution in [-0.2, 0) is 0 Å². The molecule has 0 bridgehead atoms. The summed E-state index contributed by atoms with van der Waals surface area (Å²) in [5.74, 6) is -4.81. The molecule has 0 heterocycles. The van der Waals surface area contributed by atoms with Crippen molar-refractivity contribution in [2.45, 2.75) is 12.8 Å². The van der Waals surface area contributed by atoms with Crippen LogP contribution in [0.2, 0.25) is 0 Å². The van der Waals surface area contributed by atoms with Crippen LogP contribution < -0.4 is 11.1 Å². The van der Waals surface area contributed by atoms with Gasteiger partial charge in [0.25, 0.3) is 11.8 Å². The highest BCUT2D eigenvalue weighted by molar-refractivity contribution is 5.94. The molecule has 1 amide bonds. The average Bonchev–Trinajstić information content (AvgIpc) is 2.29. The molecule has 0 aliphatic rings. The molecule has 3 nitrogen and oxygen atoms in total. The zero-order valence-electron chi connectivity index (χ0n) is 9.27. The van der Waals surface area contributed by atoms with Crippen molar-refractivity contribution in [3.8, 4) is 0 Å². The number of hydrogen-bond donors (Lipinski definition) is 2. The fourth-order valence-corrected chi connectivity index (χ4v) is 1.19. The third kappa shape index (κ3) is 3.74. The number of alkyl halides is 2. The zero-order valence-corrected chi connectivity index (χ0v) is 9.27. The van der Waals surface area contributed by atoms with Gasteiger partial charge < -0.3 is 11.1 Å². The van der Waals surface area contributed by atoms with Crippen molar-refractivity contribution in [1.29, 1.82) is 0 Å². The summed E-state index contributed by atoms with van der Waals surface area (Å²) in [7, 11) is 0. The van der Waals surface area contributed by atoms with Crippen LogP contribution in [0.1, 0.15) is 15.9 Å². The zero-order chi connectivity index (χ0) is 13.1. The minimum absolute atomic E-state index is 0.252. The summed E-state index contributed by atoms with van der Waals surface area (Å²) < 4.78 is 38.8. The molecule has 0 fully saturated rings. The lowest BCUT2D eigenvalue weighted by Crippen LogP contribution is -2.41. The fourth-order valence-electron chi connectivity index (χ4n) is 1.19. The van der Waals surface area contributed by atoms with Crippen molar-refractivity contribution < 1.29 is 18.0 Å². The Bertz CT molecular complexity index is 421. The molecule has 6 heteroatoms. The molecule has 0 aromatic heterocycles. The van der Waals surface area contributed by atoms with Gasteiger partial charge in [-0.15, -0.1) is 0 Å². The average molecular weight is 246 g/mol. The Hall–Kier alpha value is -1.56. The molecule has 3 N–H and O–H groups in total. The molecular weight excluding hydrogens is 233 g/mol. The van der Waals surface area contributed by atoms with Crippen molar-refractivity contribution in [2.75, 3.05) is 13.1 Å². The molecule has 0 aliphatic heterocycles. The number of carbonyl (C=O) groups excluding carboxylic acids is 1. The Balaban J connectivity index is 2.74. The maximum Gasteiger partial charge on any atom is 0.277 e. The number of benzene rings is 1. The highest BCUT2D eigenvalue weighted by atomic mass is 19.3. The van der Waals surface area contributed by atoms with Crippen LogP contribution in [0, 0.1) is 12.7 Å². The topological polar surface area (TPSA) is 55.1 Å². The predicted molar refractivity (Wildman–Crippen MR) is 57.5 cm³/mol. The summed E-state index contributed by atoms with van der Waals surface area (Å²) >= 11 is 0. The van der Waals surface area contributed by atoms with Crippen LogP contribution in [0.4, 0.5) is 13.2 Å². The number of aryl methyl sites for hydroxylation is 1. The van der Waals surface area contributed by atoms with E-state index < -0.39 is 30.7 Å². The van der Waals surface area contributed by atoms with Crippen molar-refractivity contribution >= 4 is 5.91 Å².